The van der Waals surface area contributed by atoms with Crippen LogP contribution in [0, 0.1) is 0 Å². The van der Waals surface area contributed by atoms with Gasteiger partial charge in [-0.3, -0.25) is 9.59 Å². The summed E-state index contributed by atoms with van der Waals surface area (Å²) in [5, 5.41) is 6.23. The van der Waals surface area contributed by atoms with E-state index in [2.05, 4.69) is 5.10 Å². The summed E-state index contributed by atoms with van der Waals surface area (Å²) in [5.74, 6) is 0.276. The van der Waals surface area contributed by atoms with E-state index in [-0.39, 0.29) is 23.7 Å². The van der Waals surface area contributed by atoms with Gasteiger partial charge in [0.05, 0.1) is 29.6 Å². The molecule has 1 amide bonds. The summed E-state index contributed by atoms with van der Waals surface area (Å²) in [6.07, 6.45) is 2.12. The number of halogens is 1. The van der Waals surface area contributed by atoms with E-state index >= 15 is 0 Å². The number of carbonyl (C=O) groups excluding carboxylic acids is 2. The van der Waals surface area contributed by atoms with Gasteiger partial charge < -0.3 is 9.15 Å². The number of nitrogens with zero attached hydrogens (tertiary/aromatic N) is 2. The van der Waals surface area contributed by atoms with Gasteiger partial charge in [-0.25, -0.2) is 5.01 Å². The number of amides is 1. The van der Waals surface area contributed by atoms with Gasteiger partial charge in [0.15, 0.2) is 0 Å². The van der Waals surface area contributed by atoms with Gasteiger partial charge in [0.25, 0.3) is 5.91 Å². The van der Waals surface area contributed by atoms with Crippen LogP contribution in [-0.4, -0.2) is 40.2 Å². The zero-order chi connectivity index (χ0) is 20.1. The quantitative estimate of drug-likeness (QED) is 0.624. The van der Waals surface area contributed by atoms with E-state index in [1.807, 2.05) is 18.2 Å². The number of rotatable bonds is 7. The second kappa shape index (κ2) is 9.30. The number of carbonyl (C=O) groups is 2. The fourth-order valence-corrected chi connectivity index (χ4v) is 3.73. The summed E-state index contributed by atoms with van der Waals surface area (Å²) in [4.78, 5) is 24.6. The van der Waals surface area contributed by atoms with E-state index in [1.165, 1.54) is 16.8 Å². The predicted octanol–water partition coefficient (Wildman–Crippen LogP) is 4.30. The molecule has 0 N–H and O–H groups in total. The summed E-state index contributed by atoms with van der Waals surface area (Å²) in [7, 11) is 0. The third-order valence-electron chi connectivity index (χ3n) is 4.29. The molecule has 3 rings (SSSR count). The minimum absolute atomic E-state index is 0.119. The van der Waals surface area contributed by atoms with Crippen molar-refractivity contribution in [1.82, 2.24) is 5.01 Å². The Morgan fingerprint density at radius 2 is 2.11 bits per heavy atom. The Bertz CT molecular complexity index is 852. The molecule has 1 aromatic heterocycles. The van der Waals surface area contributed by atoms with Crippen LogP contribution < -0.4 is 0 Å². The zero-order valence-electron chi connectivity index (χ0n) is 15.6. The molecule has 1 aliphatic heterocycles. The lowest BCUT2D eigenvalue weighted by atomic mass is 10.0. The molecular weight excluding hydrogens is 400 g/mol. The van der Waals surface area contributed by atoms with Crippen molar-refractivity contribution in [1.29, 1.82) is 0 Å². The second-order valence-corrected chi connectivity index (χ2v) is 8.00. The fraction of sp³-hybridized carbons (Fsp3) is 0.350. The molecule has 0 aliphatic carbocycles. The minimum atomic E-state index is -0.449. The lowest BCUT2D eigenvalue weighted by Crippen LogP contribution is -2.33. The van der Waals surface area contributed by atoms with Gasteiger partial charge in [0.2, 0.25) is 0 Å². The van der Waals surface area contributed by atoms with E-state index in [4.69, 9.17) is 20.8 Å². The number of furan rings is 1. The van der Waals surface area contributed by atoms with Crippen molar-refractivity contribution in [2.45, 2.75) is 31.6 Å². The topological polar surface area (TPSA) is 72.1 Å². The molecule has 0 saturated carbocycles. The largest absolute Gasteiger partial charge is 0.467 e. The minimum Gasteiger partial charge on any atom is -0.467 e. The van der Waals surface area contributed by atoms with E-state index in [1.54, 1.807) is 38.3 Å². The Kier molecular flexibility index (Phi) is 6.80. The van der Waals surface area contributed by atoms with Gasteiger partial charge in [-0.05, 0) is 43.7 Å². The molecule has 0 saturated heterocycles. The SMILES string of the molecule is CCOC(=O)CSC(C)C(=O)N1N=C(c2ccc(Cl)cc2)CC1c1ccco1. The van der Waals surface area contributed by atoms with Crippen molar-refractivity contribution in [3.8, 4) is 0 Å². The van der Waals surface area contributed by atoms with E-state index in [0.717, 1.165) is 11.3 Å². The van der Waals surface area contributed by atoms with Crippen LogP contribution in [0.2, 0.25) is 5.02 Å². The molecular formula is C20H21ClN2O4S. The van der Waals surface area contributed by atoms with Crippen LogP contribution in [0.25, 0.3) is 0 Å². The highest BCUT2D eigenvalue weighted by molar-refractivity contribution is 8.01. The predicted molar refractivity (Wildman–Crippen MR) is 109 cm³/mol. The molecule has 2 aromatic rings. The van der Waals surface area contributed by atoms with Crippen molar-refractivity contribution in [2.24, 2.45) is 5.10 Å². The number of thioether (sulfide) groups is 1. The highest BCUT2D eigenvalue weighted by atomic mass is 35.5. The first-order valence-corrected chi connectivity index (χ1v) is 10.4. The molecule has 0 fully saturated rings. The van der Waals surface area contributed by atoms with Crippen LogP contribution in [0.15, 0.2) is 52.2 Å². The number of ether oxygens (including phenoxy) is 1. The Labute approximate surface area is 172 Å². The molecule has 0 bridgehead atoms. The zero-order valence-corrected chi connectivity index (χ0v) is 17.2. The molecule has 0 radical (unpaired) electrons. The van der Waals surface area contributed by atoms with Crippen molar-refractivity contribution in [3.63, 3.8) is 0 Å². The van der Waals surface area contributed by atoms with Crippen molar-refractivity contribution in [2.75, 3.05) is 12.4 Å². The third kappa shape index (κ3) is 4.77. The molecule has 148 valence electrons. The Hall–Kier alpha value is -2.25. The van der Waals surface area contributed by atoms with Gasteiger partial charge >= 0.3 is 5.97 Å². The van der Waals surface area contributed by atoms with Crippen LogP contribution in [-0.2, 0) is 14.3 Å². The Balaban J connectivity index is 1.78. The van der Waals surface area contributed by atoms with Gasteiger partial charge in [-0.15, -0.1) is 11.8 Å². The molecule has 1 aromatic carbocycles. The Morgan fingerprint density at radius 3 is 2.75 bits per heavy atom. The number of hydrazone groups is 1. The fourth-order valence-electron chi connectivity index (χ4n) is 2.89. The first-order valence-electron chi connectivity index (χ1n) is 8.96. The summed E-state index contributed by atoms with van der Waals surface area (Å²) in [5.41, 5.74) is 1.69. The highest BCUT2D eigenvalue weighted by Gasteiger charge is 2.37. The smallest absolute Gasteiger partial charge is 0.315 e. The van der Waals surface area contributed by atoms with Gasteiger partial charge in [-0.2, -0.15) is 5.10 Å². The van der Waals surface area contributed by atoms with Crippen molar-refractivity contribution in [3.05, 3.63) is 59.0 Å². The molecule has 2 atom stereocenters. The average Bonchev–Trinajstić information content (AvgIpc) is 3.36. The molecule has 8 heteroatoms. The summed E-state index contributed by atoms with van der Waals surface area (Å²) in [6, 6.07) is 10.7. The number of hydrogen-bond donors (Lipinski definition) is 0. The van der Waals surface area contributed by atoms with E-state index in [0.29, 0.717) is 23.8 Å². The number of esters is 1. The second-order valence-electron chi connectivity index (χ2n) is 6.23. The first-order chi connectivity index (χ1) is 13.5. The maximum Gasteiger partial charge on any atom is 0.315 e. The van der Waals surface area contributed by atoms with Crippen molar-refractivity contribution < 1.29 is 18.7 Å². The molecule has 28 heavy (non-hydrogen) atoms. The molecule has 0 spiro atoms. The third-order valence-corrected chi connectivity index (χ3v) is 5.65. The summed E-state index contributed by atoms with van der Waals surface area (Å²) >= 11 is 7.21. The van der Waals surface area contributed by atoms with E-state index in [9.17, 15) is 9.59 Å². The lowest BCUT2D eigenvalue weighted by molar-refractivity contribution is -0.139. The summed E-state index contributed by atoms with van der Waals surface area (Å²) < 4.78 is 10.5. The molecule has 2 heterocycles. The maximum atomic E-state index is 13.0. The molecule has 2 unspecified atom stereocenters. The first kappa shape index (κ1) is 20.5. The summed E-state index contributed by atoms with van der Waals surface area (Å²) in [6.45, 7) is 3.84. The van der Waals surface area contributed by atoms with Crippen LogP contribution in [0.1, 0.15) is 37.6 Å². The van der Waals surface area contributed by atoms with Gasteiger partial charge in [-0.1, -0.05) is 23.7 Å². The normalized spacial score (nSPS) is 17.3. The van der Waals surface area contributed by atoms with Crippen molar-refractivity contribution >= 4 is 41.0 Å². The van der Waals surface area contributed by atoms with Crippen LogP contribution in [0.4, 0.5) is 0 Å². The standard InChI is InChI=1S/C20H21ClN2O4S/c1-3-26-19(24)12-28-13(2)20(25)23-17(18-5-4-10-27-18)11-16(22-23)14-6-8-15(21)9-7-14/h4-10,13,17H,3,11-12H2,1-2H3. The lowest BCUT2D eigenvalue weighted by Gasteiger charge is -2.22. The van der Waals surface area contributed by atoms with Gasteiger partial charge in [0, 0.05) is 11.4 Å². The Morgan fingerprint density at radius 1 is 1.36 bits per heavy atom. The average molecular weight is 421 g/mol. The van der Waals surface area contributed by atoms with Crippen LogP contribution in [0.3, 0.4) is 0 Å². The monoisotopic (exact) mass is 420 g/mol. The molecule has 1 aliphatic rings. The van der Waals surface area contributed by atoms with Gasteiger partial charge in [0.1, 0.15) is 11.8 Å². The van der Waals surface area contributed by atoms with Crippen LogP contribution >= 0.6 is 23.4 Å². The highest BCUT2D eigenvalue weighted by Crippen LogP contribution is 2.34. The maximum absolute atomic E-state index is 13.0. The van der Waals surface area contributed by atoms with Crippen LogP contribution in [0.5, 0.6) is 0 Å². The number of hydrogen-bond acceptors (Lipinski definition) is 6. The number of benzene rings is 1. The molecule has 6 nitrogen and oxygen atoms in total. The van der Waals surface area contributed by atoms with E-state index < -0.39 is 5.25 Å².